The number of benzene rings is 1. The number of aliphatic carboxylic acids is 1. The predicted octanol–water partition coefficient (Wildman–Crippen LogP) is 1.92. The van der Waals surface area contributed by atoms with E-state index in [-0.39, 0.29) is 18.6 Å². The zero-order chi connectivity index (χ0) is 19.1. The van der Waals surface area contributed by atoms with Gasteiger partial charge in [0.15, 0.2) is 0 Å². The van der Waals surface area contributed by atoms with Gasteiger partial charge < -0.3 is 19.9 Å². The first-order chi connectivity index (χ1) is 13.1. The van der Waals surface area contributed by atoms with Gasteiger partial charge >= 0.3 is 5.97 Å². The minimum Gasteiger partial charge on any atom is -0.481 e. The van der Waals surface area contributed by atoms with E-state index in [0.29, 0.717) is 31.1 Å². The van der Waals surface area contributed by atoms with Gasteiger partial charge in [0.25, 0.3) is 5.91 Å². The fraction of sp³-hybridized carbons (Fsp3) is 0.350. The molecule has 1 aliphatic heterocycles. The minimum atomic E-state index is -0.945. The Kier molecular flexibility index (Phi) is 6.38. The number of carboxylic acid groups (broad SMARTS) is 1. The number of ether oxygens (including phenoxy) is 2. The highest BCUT2D eigenvalue weighted by atomic mass is 16.5. The van der Waals surface area contributed by atoms with Gasteiger partial charge in [-0.3, -0.25) is 9.59 Å². The number of pyridine rings is 1. The number of hydrogen-bond donors (Lipinski definition) is 2. The van der Waals surface area contributed by atoms with Gasteiger partial charge in [0.05, 0.1) is 19.1 Å². The normalized spacial score (nSPS) is 17.3. The van der Waals surface area contributed by atoms with Gasteiger partial charge in [-0.1, -0.05) is 30.3 Å². The minimum absolute atomic E-state index is 0.0397. The smallest absolute Gasteiger partial charge is 0.308 e. The Morgan fingerprint density at radius 3 is 2.81 bits per heavy atom. The van der Waals surface area contributed by atoms with Crippen LogP contribution in [0.5, 0.6) is 5.88 Å². The molecule has 2 aromatic rings. The third-order valence-corrected chi connectivity index (χ3v) is 4.36. The van der Waals surface area contributed by atoms with Crippen LogP contribution in [0, 0.1) is 5.92 Å². The molecule has 27 heavy (non-hydrogen) atoms. The van der Waals surface area contributed by atoms with Gasteiger partial charge in [0.2, 0.25) is 5.88 Å². The maximum atomic E-state index is 12.4. The summed E-state index contributed by atoms with van der Waals surface area (Å²) >= 11 is 0. The largest absolute Gasteiger partial charge is 0.481 e. The molecule has 2 N–H and O–H groups in total. The van der Waals surface area contributed by atoms with Gasteiger partial charge in [-0.2, -0.15) is 0 Å². The number of hydrogen-bond acceptors (Lipinski definition) is 5. The topological polar surface area (TPSA) is 97.8 Å². The average Bonchev–Trinajstić information content (AvgIpc) is 3.18. The van der Waals surface area contributed by atoms with Gasteiger partial charge in [0, 0.05) is 30.8 Å². The fourth-order valence-electron chi connectivity index (χ4n) is 2.86. The van der Waals surface area contributed by atoms with Crippen molar-refractivity contribution in [2.75, 3.05) is 19.8 Å². The Labute approximate surface area is 157 Å². The van der Waals surface area contributed by atoms with Crippen molar-refractivity contribution in [3.8, 4) is 5.88 Å². The van der Waals surface area contributed by atoms with E-state index in [0.717, 1.165) is 12.0 Å². The molecular weight excluding hydrogens is 348 g/mol. The Morgan fingerprint density at radius 2 is 2.11 bits per heavy atom. The zero-order valence-electron chi connectivity index (χ0n) is 14.8. The Balaban J connectivity index is 1.57. The molecule has 1 fully saturated rings. The third-order valence-electron chi connectivity index (χ3n) is 4.36. The van der Waals surface area contributed by atoms with E-state index >= 15 is 0 Å². The van der Waals surface area contributed by atoms with Crippen molar-refractivity contribution in [2.24, 2.45) is 5.92 Å². The third kappa shape index (κ3) is 5.52. The molecule has 1 saturated heterocycles. The van der Waals surface area contributed by atoms with Crippen molar-refractivity contribution < 1.29 is 24.2 Å². The number of nitrogens with one attached hydrogen (secondary N) is 1. The molecule has 1 aromatic heterocycles. The van der Waals surface area contributed by atoms with E-state index in [9.17, 15) is 14.7 Å². The standard InChI is InChI=1S/C20H22N2O5/c23-19(15-6-8-21-18(11-15)27-17-7-9-26-13-17)22-12-16(20(24)25)10-14-4-2-1-3-5-14/h1-6,8,11,16-17H,7,9-10,12-13H2,(H,22,23)(H,24,25). The van der Waals surface area contributed by atoms with Crippen LogP contribution < -0.4 is 10.1 Å². The summed E-state index contributed by atoms with van der Waals surface area (Å²) < 4.78 is 11.0. The monoisotopic (exact) mass is 370 g/mol. The number of rotatable bonds is 8. The van der Waals surface area contributed by atoms with E-state index < -0.39 is 11.9 Å². The van der Waals surface area contributed by atoms with Crippen molar-refractivity contribution in [3.05, 3.63) is 59.8 Å². The van der Waals surface area contributed by atoms with Crippen LogP contribution in [0.3, 0.4) is 0 Å². The van der Waals surface area contributed by atoms with Crippen LogP contribution in [0.2, 0.25) is 0 Å². The molecule has 0 saturated carbocycles. The molecule has 1 amide bonds. The molecule has 2 heterocycles. The van der Waals surface area contributed by atoms with Crippen LogP contribution in [0.15, 0.2) is 48.7 Å². The zero-order valence-corrected chi connectivity index (χ0v) is 14.8. The maximum Gasteiger partial charge on any atom is 0.308 e. The highest BCUT2D eigenvalue weighted by Crippen LogP contribution is 2.16. The van der Waals surface area contributed by atoms with Crippen molar-refractivity contribution in [2.45, 2.75) is 18.9 Å². The highest BCUT2D eigenvalue weighted by molar-refractivity contribution is 5.94. The molecular formula is C20H22N2O5. The summed E-state index contributed by atoms with van der Waals surface area (Å²) in [6.07, 6.45) is 2.58. The molecule has 2 atom stereocenters. The number of aromatic nitrogens is 1. The second-order valence-corrected chi connectivity index (χ2v) is 6.42. The molecule has 1 aromatic carbocycles. The van der Waals surface area contributed by atoms with E-state index in [4.69, 9.17) is 9.47 Å². The Morgan fingerprint density at radius 1 is 1.30 bits per heavy atom. The molecule has 142 valence electrons. The van der Waals surface area contributed by atoms with Crippen molar-refractivity contribution in [1.82, 2.24) is 10.3 Å². The lowest BCUT2D eigenvalue weighted by Gasteiger charge is -2.14. The maximum absolute atomic E-state index is 12.4. The summed E-state index contributed by atoms with van der Waals surface area (Å²) in [5, 5.41) is 12.1. The highest BCUT2D eigenvalue weighted by Gasteiger charge is 2.21. The number of carboxylic acids is 1. The molecule has 7 nitrogen and oxygen atoms in total. The summed E-state index contributed by atoms with van der Waals surface area (Å²) in [7, 11) is 0. The van der Waals surface area contributed by atoms with Crippen LogP contribution in [0.4, 0.5) is 0 Å². The molecule has 2 unspecified atom stereocenters. The Bertz CT molecular complexity index is 775. The van der Waals surface area contributed by atoms with E-state index in [1.807, 2.05) is 30.3 Å². The summed E-state index contributed by atoms with van der Waals surface area (Å²) in [6.45, 7) is 1.21. The van der Waals surface area contributed by atoms with Crippen molar-refractivity contribution in [1.29, 1.82) is 0 Å². The molecule has 0 spiro atoms. The summed E-state index contributed by atoms with van der Waals surface area (Å²) in [5.41, 5.74) is 1.29. The lowest BCUT2D eigenvalue weighted by Crippen LogP contribution is -2.34. The summed E-state index contributed by atoms with van der Waals surface area (Å²) in [5.74, 6) is -1.65. The van der Waals surface area contributed by atoms with Gasteiger partial charge in [0.1, 0.15) is 6.10 Å². The van der Waals surface area contributed by atoms with Crippen LogP contribution in [-0.2, 0) is 16.0 Å². The van der Waals surface area contributed by atoms with Gasteiger partial charge in [-0.15, -0.1) is 0 Å². The van der Waals surface area contributed by atoms with E-state index in [2.05, 4.69) is 10.3 Å². The molecule has 0 bridgehead atoms. The lowest BCUT2D eigenvalue weighted by molar-refractivity contribution is -0.141. The van der Waals surface area contributed by atoms with E-state index in [1.54, 1.807) is 12.1 Å². The molecule has 0 radical (unpaired) electrons. The SMILES string of the molecule is O=C(NCC(Cc1ccccc1)C(=O)O)c1ccnc(OC2CCOC2)c1. The van der Waals surface area contributed by atoms with Crippen LogP contribution in [0.25, 0.3) is 0 Å². The van der Waals surface area contributed by atoms with Gasteiger partial charge in [-0.05, 0) is 18.1 Å². The number of carbonyl (C=O) groups is 2. The average molecular weight is 370 g/mol. The summed E-state index contributed by atoms with van der Waals surface area (Å²) in [6, 6.07) is 12.5. The second-order valence-electron chi connectivity index (χ2n) is 6.42. The number of carbonyl (C=O) groups excluding carboxylic acids is 1. The van der Waals surface area contributed by atoms with Crippen LogP contribution in [-0.4, -0.2) is 47.8 Å². The van der Waals surface area contributed by atoms with Crippen LogP contribution >= 0.6 is 0 Å². The number of nitrogens with zero attached hydrogens (tertiary/aromatic N) is 1. The molecule has 0 aliphatic carbocycles. The number of amides is 1. The van der Waals surface area contributed by atoms with Crippen molar-refractivity contribution >= 4 is 11.9 Å². The second kappa shape index (κ2) is 9.14. The first-order valence-corrected chi connectivity index (χ1v) is 8.87. The van der Waals surface area contributed by atoms with Crippen LogP contribution in [0.1, 0.15) is 22.3 Å². The summed E-state index contributed by atoms with van der Waals surface area (Å²) in [4.78, 5) is 28.0. The molecule has 7 heteroatoms. The van der Waals surface area contributed by atoms with E-state index in [1.165, 1.54) is 6.20 Å². The first-order valence-electron chi connectivity index (χ1n) is 8.87. The molecule has 3 rings (SSSR count). The lowest BCUT2D eigenvalue weighted by atomic mass is 9.99. The predicted molar refractivity (Wildman–Crippen MR) is 97.7 cm³/mol. The fourth-order valence-corrected chi connectivity index (χ4v) is 2.86. The first kappa shape index (κ1) is 18.8. The molecule has 1 aliphatic rings. The Hall–Kier alpha value is -2.93. The van der Waals surface area contributed by atoms with Gasteiger partial charge in [-0.25, -0.2) is 4.98 Å². The van der Waals surface area contributed by atoms with Crippen molar-refractivity contribution in [3.63, 3.8) is 0 Å². The quantitative estimate of drug-likeness (QED) is 0.737.